The Morgan fingerprint density at radius 1 is 1.20 bits per heavy atom. The highest BCUT2D eigenvalue weighted by atomic mass is 16.6. The Kier molecular flexibility index (Phi) is 3.37. The largest absolute Gasteiger partial charge is 0.371 e. The van der Waals surface area contributed by atoms with E-state index in [0.717, 1.165) is 18.8 Å². The molecule has 6 nitrogen and oxygen atoms in total. The molecule has 20 heavy (non-hydrogen) atoms. The van der Waals surface area contributed by atoms with Crippen molar-refractivity contribution in [2.75, 3.05) is 18.0 Å². The second-order valence-electron chi connectivity index (χ2n) is 4.95. The first-order valence-corrected chi connectivity index (χ1v) is 6.77. The summed E-state index contributed by atoms with van der Waals surface area (Å²) >= 11 is 0. The standard InChI is InChI=1S/C14H16N4O2/c19-18(20)13-5-4-12(16-7-2-1-3-8-16)10-14(13)17-9-6-15-11-17/h4-6,9-11H,1-3,7-8H2. The highest BCUT2D eigenvalue weighted by Gasteiger charge is 2.18. The van der Waals surface area contributed by atoms with E-state index in [1.54, 1.807) is 29.4 Å². The average molecular weight is 272 g/mol. The molecule has 1 aliphatic heterocycles. The second kappa shape index (κ2) is 5.32. The predicted molar refractivity (Wildman–Crippen MR) is 76.3 cm³/mol. The van der Waals surface area contributed by atoms with E-state index in [9.17, 15) is 10.1 Å². The van der Waals surface area contributed by atoms with Crippen LogP contribution in [-0.2, 0) is 0 Å². The van der Waals surface area contributed by atoms with Gasteiger partial charge in [0.25, 0.3) is 5.69 Å². The number of piperidine rings is 1. The predicted octanol–water partition coefficient (Wildman–Crippen LogP) is 2.77. The zero-order valence-electron chi connectivity index (χ0n) is 11.1. The average Bonchev–Trinajstić information content (AvgIpc) is 3.01. The van der Waals surface area contributed by atoms with Crippen LogP contribution in [0.3, 0.4) is 0 Å². The molecule has 6 heteroatoms. The van der Waals surface area contributed by atoms with Crippen LogP contribution in [0.25, 0.3) is 5.69 Å². The minimum Gasteiger partial charge on any atom is -0.371 e. The van der Waals surface area contributed by atoms with Crippen LogP contribution in [0.5, 0.6) is 0 Å². The van der Waals surface area contributed by atoms with Crippen molar-refractivity contribution in [1.82, 2.24) is 9.55 Å². The lowest BCUT2D eigenvalue weighted by Gasteiger charge is -2.29. The Morgan fingerprint density at radius 3 is 2.65 bits per heavy atom. The van der Waals surface area contributed by atoms with Crippen molar-refractivity contribution in [3.8, 4) is 5.69 Å². The Morgan fingerprint density at radius 2 is 2.00 bits per heavy atom. The van der Waals surface area contributed by atoms with Crippen LogP contribution in [0, 0.1) is 10.1 Å². The number of imidazole rings is 1. The number of hydrogen-bond acceptors (Lipinski definition) is 4. The highest BCUT2D eigenvalue weighted by molar-refractivity contribution is 5.63. The number of rotatable bonds is 3. The molecule has 104 valence electrons. The number of anilines is 1. The van der Waals surface area contributed by atoms with Gasteiger partial charge in [0.2, 0.25) is 0 Å². The number of nitro benzene ring substituents is 1. The van der Waals surface area contributed by atoms with Gasteiger partial charge in [0.1, 0.15) is 5.69 Å². The topological polar surface area (TPSA) is 64.2 Å². The Hall–Kier alpha value is -2.37. The number of benzene rings is 1. The first kappa shape index (κ1) is 12.7. The van der Waals surface area contributed by atoms with Gasteiger partial charge in [-0.1, -0.05) is 0 Å². The van der Waals surface area contributed by atoms with Gasteiger partial charge in [-0.2, -0.15) is 0 Å². The quantitative estimate of drug-likeness (QED) is 0.636. The van der Waals surface area contributed by atoms with E-state index in [4.69, 9.17) is 0 Å². The number of aromatic nitrogens is 2. The lowest BCUT2D eigenvalue weighted by atomic mass is 10.1. The zero-order valence-corrected chi connectivity index (χ0v) is 11.1. The van der Waals surface area contributed by atoms with E-state index >= 15 is 0 Å². The van der Waals surface area contributed by atoms with E-state index in [-0.39, 0.29) is 10.6 Å². The third-order valence-electron chi connectivity index (χ3n) is 3.66. The van der Waals surface area contributed by atoms with Crippen molar-refractivity contribution in [3.63, 3.8) is 0 Å². The fourth-order valence-electron chi connectivity index (χ4n) is 2.62. The SMILES string of the molecule is O=[N+]([O-])c1ccc(N2CCCCC2)cc1-n1ccnc1. The van der Waals surface area contributed by atoms with Gasteiger partial charge >= 0.3 is 0 Å². The molecule has 1 aromatic heterocycles. The Balaban J connectivity index is 2.02. The maximum absolute atomic E-state index is 11.2. The molecule has 2 aromatic rings. The Bertz CT molecular complexity index is 604. The van der Waals surface area contributed by atoms with Gasteiger partial charge in [-0.25, -0.2) is 4.98 Å². The molecule has 1 fully saturated rings. The van der Waals surface area contributed by atoms with Crippen LogP contribution in [0.2, 0.25) is 0 Å². The van der Waals surface area contributed by atoms with Gasteiger partial charge in [-0.15, -0.1) is 0 Å². The van der Waals surface area contributed by atoms with Crippen molar-refractivity contribution in [2.45, 2.75) is 19.3 Å². The summed E-state index contributed by atoms with van der Waals surface area (Å²) in [5.74, 6) is 0. The molecular formula is C14H16N4O2. The molecule has 1 aromatic carbocycles. The molecule has 2 heterocycles. The van der Waals surface area contributed by atoms with Crippen molar-refractivity contribution >= 4 is 11.4 Å². The van der Waals surface area contributed by atoms with Gasteiger partial charge in [0, 0.05) is 37.2 Å². The van der Waals surface area contributed by atoms with Crippen LogP contribution in [-0.4, -0.2) is 27.6 Å². The maximum Gasteiger partial charge on any atom is 0.293 e. The number of nitrogens with zero attached hydrogens (tertiary/aromatic N) is 4. The summed E-state index contributed by atoms with van der Waals surface area (Å²) in [5, 5.41) is 11.2. The van der Waals surface area contributed by atoms with Crippen molar-refractivity contribution in [3.05, 3.63) is 47.0 Å². The molecule has 0 unspecified atom stereocenters. The lowest BCUT2D eigenvalue weighted by Crippen LogP contribution is -2.29. The molecule has 0 atom stereocenters. The van der Waals surface area contributed by atoms with Crippen molar-refractivity contribution in [2.24, 2.45) is 0 Å². The fourth-order valence-corrected chi connectivity index (χ4v) is 2.62. The third-order valence-corrected chi connectivity index (χ3v) is 3.66. The lowest BCUT2D eigenvalue weighted by molar-refractivity contribution is -0.384. The first-order chi connectivity index (χ1) is 9.75. The molecular weight excluding hydrogens is 256 g/mol. The van der Waals surface area contributed by atoms with Crippen molar-refractivity contribution < 1.29 is 4.92 Å². The molecule has 0 N–H and O–H groups in total. The maximum atomic E-state index is 11.2. The van der Waals surface area contributed by atoms with Crippen LogP contribution in [0.15, 0.2) is 36.9 Å². The molecule has 1 saturated heterocycles. The van der Waals surface area contributed by atoms with E-state index in [2.05, 4.69) is 9.88 Å². The van der Waals surface area contributed by atoms with Crippen LogP contribution in [0.1, 0.15) is 19.3 Å². The minimum atomic E-state index is -0.352. The van der Waals surface area contributed by atoms with Gasteiger partial charge < -0.3 is 9.47 Å². The molecule has 0 radical (unpaired) electrons. The van der Waals surface area contributed by atoms with Crippen LogP contribution in [0.4, 0.5) is 11.4 Å². The summed E-state index contributed by atoms with van der Waals surface area (Å²) in [7, 11) is 0. The summed E-state index contributed by atoms with van der Waals surface area (Å²) < 4.78 is 1.69. The van der Waals surface area contributed by atoms with Gasteiger partial charge in [-0.05, 0) is 31.4 Å². The molecule has 0 amide bonds. The highest BCUT2D eigenvalue weighted by Crippen LogP contribution is 2.29. The molecule has 1 aliphatic rings. The summed E-state index contributed by atoms with van der Waals surface area (Å²) in [5.41, 5.74) is 1.71. The van der Waals surface area contributed by atoms with Crippen LogP contribution < -0.4 is 4.90 Å². The van der Waals surface area contributed by atoms with Gasteiger partial charge in [0.05, 0.1) is 11.3 Å². The fraction of sp³-hybridized carbons (Fsp3) is 0.357. The number of nitro groups is 1. The molecule has 0 spiro atoms. The normalized spacial score (nSPS) is 15.3. The molecule has 0 bridgehead atoms. The van der Waals surface area contributed by atoms with E-state index in [0.29, 0.717) is 5.69 Å². The van der Waals surface area contributed by atoms with Gasteiger partial charge in [-0.3, -0.25) is 10.1 Å². The summed E-state index contributed by atoms with van der Waals surface area (Å²) in [4.78, 5) is 17.1. The van der Waals surface area contributed by atoms with E-state index in [1.165, 1.54) is 19.3 Å². The third kappa shape index (κ3) is 2.36. The Labute approximate surface area is 116 Å². The van der Waals surface area contributed by atoms with Crippen LogP contribution >= 0.6 is 0 Å². The van der Waals surface area contributed by atoms with Gasteiger partial charge in [0.15, 0.2) is 0 Å². The number of hydrogen-bond donors (Lipinski definition) is 0. The summed E-state index contributed by atoms with van der Waals surface area (Å²) in [6.07, 6.45) is 8.55. The smallest absolute Gasteiger partial charge is 0.293 e. The zero-order chi connectivity index (χ0) is 13.9. The molecule has 0 aliphatic carbocycles. The first-order valence-electron chi connectivity index (χ1n) is 6.77. The summed E-state index contributed by atoms with van der Waals surface area (Å²) in [6.45, 7) is 2.03. The monoisotopic (exact) mass is 272 g/mol. The second-order valence-corrected chi connectivity index (χ2v) is 4.95. The summed E-state index contributed by atoms with van der Waals surface area (Å²) in [6, 6.07) is 5.30. The molecule has 0 saturated carbocycles. The minimum absolute atomic E-state index is 0.101. The van der Waals surface area contributed by atoms with E-state index < -0.39 is 0 Å². The molecule has 3 rings (SSSR count). The van der Waals surface area contributed by atoms with E-state index in [1.807, 2.05) is 12.1 Å². The van der Waals surface area contributed by atoms with Crippen molar-refractivity contribution in [1.29, 1.82) is 0 Å².